The van der Waals surface area contributed by atoms with Gasteiger partial charge >= 0.3 is 0 Å². The van der Waals surface area contributed by atoms with Gasteiger partial charge in [-0.05, 0) is 49.6 Å². The Kier molecular flexibility index (Phi) is 7.46. The number of hydrogen-bond donors (Lipinski definition) is 1. The lowest BCUT2D eigenvalue weighted by Gasteiger charge is -2.25. The van der Waals surface area contributed by atoms with Gasteiger partial charge in [0.15, 0.2) is 16.4 Å². The van der Waals surface area contributed by atoms with Gasteiger partial charge < -0.3 is 10.0 Å². The second kappa shape index (κ2) is 10.8. The summed E-state index contributed by atoms with van der Waals surface area (Å²) in [6.07, 6.45) is 2.41. The van der Waals surface area contributed by atoms with Crippen molar-refractivity contribution in [1.82, 2.24) is 24.4 Å². The molecule has 2 atom stereocenters. The Morgan fingerprint density at radius 3 is 2.59 bits per heavy atom. The number of likely N-dealkylation sites (tertiary alicyclic amines) is 1. The molecular formula is C27H24ClF2N5O3S. The van der Waals surface area contributed by atoms with Gasteiger partial charge in [-0.2, -0.15) is 4.98 Å². The summed E-state index contributed by atoms with van der Waals surface area (Å²) < 4.78 is 29.6. The van der Waals surface area contributed by atoms with E-state index < -0.39 is 40.6 Å². The molecule has 4 heterocycles. The standard InChI is InChI=1S/C27H24ClF2N5O3S/c1-3-21(16-8-18(29)10-19(30)9-16)35-23(25-32-14(2)13-39-25)33-24(36)22(27(35)38)26(37)34-7-6-15(12-34)20-5-4-17(28)11-31-20/h4-5,8-11,13,15,21,38H,3,6-7,12H2,1-2H3/t15?,21-/m0/s1. The van der Waals surface area contributed by atoms with E-state index in [0.29, 0.717) is 28.7 Å². The number of pyridine rings is 1. The largest absolute Gasteiger partial charge is 0.494 e. The van der Waals surface area contributed by atoms with E-state index >= 15 is 0 Å². The SMILES string of the molecule is CC[C@@H](c1cc(F)cc(F)c1)n1c(-c2nc(C)cs2)nc(=O)c(C(=O)N2CCC(c3ccc(Cl)cn3)C2)c1O. The molecule has 202 valence electrons. The third kappa shape index (κ3) is 5.28. The molecule has 1 aromatic carbocycles. The highest BCUT2D eigenvalue weighted by atomic mass is 35.5. The van der Waals surface area contributed by atoms with E-state index in [1.165, 1.54) is 27.0 Å². The number of amides is 1. The summed E-state index contributed by atoms with van der Waals surface area (Å²) in [4.78, 5) is 41.2. The van der Waals surface area contributed by atoms with Crippen LogP contribution in [0, 0.1) is 18.6 Å². The van der Waals surface area contributed by atoms with Crippen LogP contribution in [0.2, 0.25) is 5.02 Å². The van der Waals surface area contributed by atoms with Crippen molar-refractivity contribution in [2.45, 2.75) is 38.6 Å². The van der Waals surface area contributed by atoms with E-state index in [1.54, 1.807) is 31.4 Å². The highest BCUT2D eigenvalue weighted by Crippen LogP contribution is 2.36. The number of halogens is 3. The summed E-state index contributed by atoms with van der Waals surface area (Å²) >= 11 is 7.14. The first-order valence-corrected chi connectivity index (χ1v) is 13.6. The number of aromatic nitrogens is 4. The number of carbonyl (C=O) groups excluding carboxylic acids is 1. The number of rotatable bonds is 6. The molecule has 5 rings (SSSR count). The van der Waals surface area contributed by atoms with Crippen LogP contribution < -0.4 is 5.56 Å². The molecule has 3 aromatic heterocycles. The van der Waals surface area contributed by atoms with Crippen molar-refractivity contribution in [3.05, 3.63) is 91.4 Å². The summed E-state index contributed by atoms with van der Waals surface area (Å²) in [5.74, 6) is -2.96. The van der Waals surface area contributed by atoms with Crippen LogP contribution >= 0.6 is 22.9 Å². The molecular weight excluding hydrogens is 548 g/mol. The van der Waals surface area contributed by atoms with E-state index in [0.717, 1.165) is 23.9 Å². The van der Waals surface area contributed by atoms with Gasteiger partial charge in [-0.1, -0.05) is 18.5 Å². The van der Waals surface area contributed by atoms with Gasteiger partial charge in [0.2, 0.25) is 5.88 Å². The van der Waals surface area contributed by atoms with Gasteiger partial charge in [0.25, 0.3) is 11.5 Å². The summed E-state index contributed by atoms with van der Waals surface area (Å²) in [7, 11) is 0. The lowest BCUT2D eigenvalue weighted by atomic mass is 10.0. The number of hydrogen-bond acceptors (Lipinski definition) is 7. The van der Waals surface area contributed by atoms with Gasteiger partial charge in [-0.3, -0.25) is 19.1 Å². The second-order valence-corrected chi connectivity index (χ2v) is 10.7. The predicted molar refractivity (Wildman–Crippen MR) is 143 cm³/mol. The molecule has 1 N–H and O–H groups in total. The fraction of sp³-hybridized carbons (Fsp3) is 0.296. The Morgan fingerprint density at radius 2 is 1.97 bits per heavy atom. The number of carbonyl (C=O) groups is 1. The number of benzene rings is 1. The van der Waals surface area contributed by atoms with Gasteiger partial charge in [-0.25, -0.2) is 13.8 Å². The molecule has 0 saturated carbocycles. The zero-order valence-electron chi connectivity index (χ0n) is 21.1. The molecule has 39 heavy (non-hydrogen) atoms. The molecule has 8 nitrogen and oxygen atoms in total. The number of thiazole rings is 1. The zero-order valence-corrected chi connectivity index (χ0v) is 22.6. The smallest absolute Gasteiger partial charge is 0.290 e. The number of aryl methyl sites for hydroxylation is 1. The molecule has 0 spiro atoms. The van der Waals surface area contributed by atoms with Crippen molar-refractivity contribution in [3.63, 3.8) is 0 Å². The average Bonchev–Trinajstić information content (AvgIpc) is 3.55. The fourth-order valence-electron chi connectivity index (χ4n) is 4.92. The Balaban J connectivity index is 1.60. The first-order chi connectivity index (χ1) is 18.7. The molecule has 0 radical (unpaired) electrons. The molecule has 0 aliphatic carbocycles. The molecule has 1 aliphatic heterocycles. The van der Waals surface area contributed by atoms with Gasteiger partial charge in [0.1, 0.15) is 11.6 Å². The van der Waals surface area contributed by atoms with Gasteiger partial charge in [-0.15, -0.1) is 11.3 Å². The Hall–Kier alpha value is -3.70. The minimum absolute atomic E-state index is 0.00771. The first kappa shape index (κ1) is 26.9. The summed E-state index contributed by atoms with van der Waals surface area (Å²) in [6.45, 7) is 4.14. The van der Waals surface area contributed by atoms with E-state index in [1.807, 2.05) is 0 Å². The topological polar surface area (TPSA) is 101 Å². The molecule has 1 saturated heterocycles. The van der Waals surface area contributed by atoms with Crippen LogP contribution in [-0.4, -0.2) is 48.5 Å². The highest BCUT2D eigenvalue weighted by molar-refractivity contribution is 7.13. The monoisotopic (exact) mass is 571 g/mol. The Labute approximate surface area is 231 Å². The van der Waals surface area contributed by atoms with Crippen molar-refractivity contribution >= 4 is 28.8 Å². The second-order valence-electron chi connectivity index (χ2n) is 9.37. The van der Waals surface area contributed by atoms with Crippen LogP contribution in [0.5, 0.6) is 5.88 Å². The van der Waals surface area contributed by atoms with Crippen LogP contribution in [0.3, 0.4) is 0 Å². The van der Waals surface area contributed by atoms with Gasteiger partial charge in [0, 0.05) is 48.0 Å². The molecule has 1 unspecified atom stereocenters. The molecule has 1 fully saturated rings. The third-order valence-corrected chi connectivity index (χ3v) is 7.92. The van der Waals surface area contributed by atoms with Crippen molar-refractivity contribution in [2.75, 3.05) is 13.1 Å². The molecule has 1 amide bonds. The van der Waals surface area contributed by atoms with Crippen molar-refractivity contribution in [3.8, 4) is 16.7 Å². The van der Waals surface area contributed by atoms with Crippen LogP contribution in [0.1, 0.15) is 59.0 Å². The van der Waals surface area contributed by atoms with Crippen LogP contribution in [0.4, 0.5) is 8.78 Å². The van der Waals surface area contributed by atoms with Crippen LogP contribution in [0.25, 0.3) is 10.8 Å². The summed E-state index contributed by atoms with van der Waals surface area (Å²) in [6, 6.07) is 5.72. The quantitative estimate of drug-likeness (QED) is 0.335. The van der Waals surface area contributed by atoms with E-state index in [-0.39, 0.29) is 30.3 Å². The van der Waals surface area contributed by atoms with Crippen molar-refractivity contribution in [1.29, 1.82) is 0 Å². The number of nitrogens with zero attached hydrogens (tertiary/aromatic N) is 5. The van der Waals surface area contributed by atoms with E-state index in [2.05, 4.69) is 15.0 Å². The maximum absolute atomic E-state index is 14.2. The summed E-state index contributed by atoms with van der Waals surface area (Å²) in [5.41, 5.74) is 0.220. The minimum atomic E-state index is -0.912. The minimum Gasteiger partial charge on any atom is -0.494 e. The normalized spacial score (nSPS) is 16.0. The van der Waals surface area contributed by atoms with E-state index in [9.17, 15) is 23.5 Å². The van der Waals surface area contributed by atoms with Crippen LogP contribution in [-0.2, 0) is 0 Å². The molecule has 1 aliphatic rings. The maximum atomic E-state index is 14.2. The predicted octanol–water partition coefficient (Wildman–Crippen LogP) is 5.34. The maximum Gasteiger partial charge on any atom is 0.290 e. The Morgan fingerprint density at radius 1 is 1.23 bits per heavy atom. The summed E-state index contributed by atoms with van der Waals surface area (Å²) in [5, 5.41) is 14.1. The fourth-order valence-corrected chi connectivity index (χ4v) is 5.81. The van der Waals surface area contributed by atoms with Crippen molar-refractivity contribution < 1.29 is 18.7 Å². The lowest BCUT2D eigenvalue weighted by Crippen LogP contribution is -2.35. The van der Waals surface area contributed by atoms with Crippen LogP contribution in [0.15, 0.2) is 46.7 Å². The van der Waals surface area contributed by atoms with Crippen molar-refractivity contribution in [2.24, 2.45) is 0 Å². The highest BCUT2D eigenvalue weighted by Gasteiger charge is 2.34. The zero-order chi connectivity index (χ0) is 27.8. The van der Waals surface area contributed by atoms with Gasteiger partial charge in [0.05, 0.1) is 11.1 Å². The lowest BCUT2D eigenvalue weighted by molar-refractivity contribution is 0.0783. The molecule has 0 bridgehead atoms. The number of aromatic hydroxyl groups is 1. The molecule has 12 heteroatoms. The Bertz CT molecular complexity index is 1590. The third-order valence-electron chi connectivity index (χ3n) is 6.74. The first-order valence-electron chi connectivity index (χ1n) is 12.3. The van der Waals surface area contributed by atoms with E-state index in [4.69, 9.17) is 11.6 Å². The molecule has 4 aromatic rings. The average molecular weight is 572 g/mol.